The zero-order valence-corrected chi connectivity index (χ0v) is 15.9. The Kier molecular flexibility index (Phi) is 6.38. The summed E-state index contributed by atoms with van der Waals surface area (Å²) < 4.78 is 13.3. The predicted molar refractivity (Wildman–Crippen MR) is 103 cm³/mol. The summed E-state index contributed by atoms with van der Waals surface area (Å²) in [7, 11) is 0. The number of hydrogen-bond donors (Lipinski definition) is 1. The zero-order chi connectivity index (χ0) is 19.1. The third-order valence-corrected chi connectivity index (χ3v) is 3.83. The highest BCUT2D eigenvalue weighted by Gasteiger charge is 2.14. The van der Waals surface area contributed by atoms with Gasteiger partial charge in [-0.05, 0) is 59.6 Å². The fourth-order valence-electron chi connectivity index (χ4n) is 2.59. The average molecular weight is 367 g/mol. The molecule has 0 atom stereocenters. The van der Waals surface area contributed by atoms with Crippen molar-refractivity contribution in [2.45, 2.75) is 27.3 Å². The summed E-state index contributed by atoms with van der Waals surface area (Å²) >= 11 is 0. The second-order valence-electron chi connectivity index (χ2n) is 6.55. The van der Waals surface area contributed by atoms with E-state index in [0.29, 0.717) is 24.0 Å². The number of para-hydroxylation sites is 1. The number of ether oxygens (including phenoxy) is 2. The highest BCUT2D eigenvalue weighted by Crippen LogP contribution is 2.32. The molecule has 7 nitrogen and oxygen atoms in total. The van der Waals surface area contributed by atoms with Gasteiger partial charge in [-0.3, -0.25) is 0 Å². The van der Waals surface area contributed by atoms with Gasteiger partial charge in [0.25, 0.3) is 0 Å². The molecule has 0 aliphatic rings. The molecule has 2 aromatic carbocycles. The lowest BCUT2D eigenvalue weighted by Gasteiger charge is -2.13. The highest BCUT2D eigenvalue weighted by molar-refractivity contribution is 5.44. The fraction of sp³-hybridized carbons (Fsp3) is 0.350. The molecule has 3 rings (SSSR count). The van der Waals surface area contributed by atoms with E-state index in [9.17, 15) is 0 Å². The van der Waals surface area contributed by atoms with E-state index >= 15 is 0 Å². The minimum atomic E-state index is 0.285. The molecule has 1 aromatic heterocycles. The van der Waals surface area contributed by atoms with Crippen molar-refractivity contribution in [2.75, 3.05) is 13.2 Å². The maximum Gasteiger partial charge on any atom is 0.346 e. The van der Waals surface area contributed by atoms with Crippen molar-refractivity contribution in [2.24, 2.45) is 5.92 Å². The van der Waals surface area contributed by atoms with Gasteiger partial charge in [0, 0.05) is 6.54 Å². The van der Waals surface area contributed by atoms with Crippen molar-refractivity contribution in [3.05, 3.63) is 54.1 Å². The Hall–Kier alpha value is -2.93. The van der Waals surface area contributed by atoms with E-state index in [2.05, 4.69) is 34.7 Å². The normalized spacial score (nSPS) is 11.0. The smallest absolute Gasteiger partial charge is 0.346 e. The van der Waals surface area contributed by atoms with Crippen molar-refractivity contribution >= 4 is 0 Å². The van der Waals surface area contributed by atoms with E-state index in [1.54, 1.807) is 4.68 Å². The monoisotopic (exact) mass is 367 g/mol. The minimum Gasteiger partial charge on any atom is -0.490 e. The standard InChI is InChI=1S/C20H25N5O2/c1-4-26-19-12-16(14-21-13-15(2)3)10-11-18(19)27-20-22-23-24-25(20)17-8-6-5-7-9-17/h5-12,15,21H,4,13-14H2,1-3H3. The van der Waals surface area contributed by atoms with Gasteiger partial charge in [-0.15, -0.1) is 0 Å². The zero-order valence-electron chi connectivity index (χ0n) is 15.9. The molecule has 0 amide bonds. The van der Waals surface area contributed by atoms with Crippen LogP contribution in [0.1, 0.15) is 26.3 Å². The molecular weight excluding hydrogens is 342 g/mol. The maximum atomic E-state index is 5.97. The molecule has 0 unspecified atom stereocenters. The molecule has 1 heterocycles. The molecule has 142 valence electrons. The molecule has 0 fully saturated rings. The van der Waals surface area contributed by atoms with E-state index in [1.165, 1.54) is 0 Å². The topological polar surface area (TPSA) is 74.1 Å². The summed E-state index contributed by atoms with van der Waals surface area (Å²) in [6.45, 7) is 8.61. The van der Waals surface area contributed by atoms with E-state index in [4.69, 9.17) is 9.47 Å². The molecule has 7 heteroatoms. The molecule has 0 saturated heterocycles. The SMILES string of the molecule is CCOc1cc(CNCC(C)C)ccc1Oc1nnnn1-c1ccccc1. The van der Waals surface area contributed by atoms with Crippen LogP contribution < -0.4 is 14.8 Å². The molecule has 0 aliphatic heterocycles. The van der Waals surface area contributed by atoms with Crippen LogP contribution in [-0.4, -0.2) is 33.4 Å². The summed E-state index contributed by atoms with van der Waals surface area (Å²) in [6, 6.07) is 15.8. The fourth-order valence-corrected chi connectivity index (χ4v) is 2.59. The highest BCUT2D eigenvalue weighted by atomic mass is 16.5. The number of aromatic nitrogens is 4. The molecule has 0 spiro atoms. The van der Waals surface area contributed by atoms with Crippen LogP contribution in [0.3, 0.4) is 0 Å². The molecule has 0 bridgehead atoms. The average Bonchev–Trinajstić information content (AvgIpc) is 3.12. The van der Waals surface area contributed by atoms with Crippen LogP contribution >= 0.6 is 0 Å². The molecule has 1 N–H and O–H groups in total. The number of benzene rings is 2. The first-order valence-corrected chi connectivity index (χ1v) is 9.15. The van der Waals surface area contributed by atoms with Crippen LogP contribution in [0, 0.1) is 5.92 Å². The van der Waals surface area contributed by atoms with Gasteiger partial charge < -0.3 is 14.8 Å². The molecule has 0 radical (unpaired) electrons. The van der Waals surface area contributed by atoms with Crippen molar-refractivity contribution in [1.29, 1.82) is 0 Å². The van der Waals surface area contributed by atoms with Crippen molar-refractivity contribution in [3.63, 3.8) is 0 Å². The van der Waals surface area contributed by atoms with Crippen molar-refractivity contribution in [3.8, 4) is 23.2 Å². The molecular formula is C20H25N5O2. The first-order chi connectivity index (χ1) is 13.2. The van der Waals surface area contributed by atoms with Gasteiger partial charge >= 0.3 is 6.01 Å². The first kappa shape index (κ1) is 18.8. The summed E-state index contributed by atoms with van der Waals surface area (Å²) in [5.74, 6) is 1.86. The Labute approximate surface area is 159 Å². The maximum absolute atomic E-state index is 5.97. The van der Waals surface area contributed by atoms with Crippen LogP contribution in [0.4, 0.5) is 0 Å². The van der Waals surface area contributed by atoms with Crippen LogP contribution in [0.25, 0.3) is 5.69 Å². The lowest BCUT2D eigenvalue weighted by atomic mass is 10.2. The van der Waals surface area contributed by atoms with Gasteiger partial charge in [-0.25, -0.2) is 0 Å². The molecule has 0 saturated carbocycles. The summed E-state index contributed by atoms with van der Waals surface area (Å²) in [5, 5.41) is 15.2. The van der Waals surface area contributed by atoms with Crippen LogP contribution in [-0.2, 0) is 6.54 Å². The van der Waals surface area contributed by atoms with E-state index in [1.807, 2.05) is 55.5 Å². The number of nitrogens with one attached hydrogen (secondary N) is 1. The Morgan fingerprint density at radius 1 is 1.07 bits per heavy atom. The Balaban J connectivity index is 1.80. The number of rotatable bonds is 9. The lowest BCUT2D eigenvalue weighted by Crippen LogP contribution is -2.18. The van der Waals surface area contributed by atoms with E-state index in [0.717, 1.165) is 24.3 Å². The van der Waals surface area contributed by atoms with Crippen LogP contribution in [0.2, 0.25) is 0 Å². The second kappa shape index (κ2) is 9.14. The number of hydrogen-bond acceptors (Lipinski definition) is 6. The largest absolute Gasteiger partial charge is 0.490 e. The first-order valence-electron chi connectivity index (χ1n) is 9.15. The van der Waals surface area contributed by atoms with E-state index < -0.39 is 0 Å². The molecule has 3 aromatic rings. The van der Waals surface area contributed by atoms with Gasteiger partial charge in [0.2, 0.25) is 0 Å². The van der Waals surface area contributed by atoms with Crippen LogP contribution in [0.15, 0.2) is 48.5 Å². The van der Waals surface area contributed by atoms with Gasteiger partial charge in [-0.2, -0.15) is 4.68 Å². The quantitative estimate of drug-likeness (QED) is 0.623. The Morgan fingerprint density at radius 2 is 1.89 bits per heavy atom. The lowest BCUT2D eigenvalue weighted by molar-refractivity contribution is 0.315. The summed E-state index contributed by atoms with van der Waals surface area (Å²) in [6.07, 6.45) is 0. The second-order valence-corrected chi connectivity index (χ2v) is 6.55. The van der Waals surface area contributed by atoms with Gasteiger partial charge in [0.15, 0.2) is 11.5 Å². The number of nitrogens with zero attached hydrogens (tertiary/aromatic N) is 4. The van der Waals surface area contributed by atoms with Crippen molar-refractivity contribution in [1.82, 2.24) is 25.5 Å². The third-order valence-electron chi connectivity index (χ3n) is 3.83. The molecule has 0 aliphatic carbocycles. The predicted octanol–water partition coefficient (Wildman–Crippen LogP) is 3.60. The minimum absolute atomic E-state index is 0.285. The Morgan fingerprint density at radius 3 is 2.63 bits per heavy atom. The van der Waals surface area contributed by atoms with E-state index in [-0.39, 0.29) is 6.01 Å². The summed E-state index contributed by atoms with van der Waals surface area (Å²) in [4.78, 5) is 0. The van der Waals surface area contributed by atoms with Crippen molar-refractivity contribution < 1.29 is 9.47 Å². The molecule has 27 heavy (non-hydrogen) atoms. The number of tetrazole rings is 1. The van der Waals surface area contributed by atoms with Gasteiger partial charge in [0.1, 0.15) is 0 Å². The third kappa shape index (κ3) is 5.04. The van der Waals surface area contributed by atoms with Gasteiger partial charge in [-0.1, -0.05) is 43.2 Å². The van der Waals surface area contributed by atoms with Crippen LogP contribution in [0.5, 0.6) is 17.5 Å². The Bertz CT molecular complexity index is 849. The summed E-state index contributed by atoms with van der Waals surface area (Å²) in [5.41, 5.74) is 1.96. The van der Waals surface area contributed by atoms with Gasteiger partial charge in [0.05, 0.1) is 12.3 Å².